The maximum atomic E-state index is 14.8. The molecule has 0 saturated heterocycles. The summed E-state index contributed by atoms with van der Waals surface area (Å²) < 4.78 is 80.8. The molecule has 2 atom stereocenters. The molecule has 10 heteroatoms. The summed E-state index contributed by atoms with van der Waals surface area (Å²) in [7, 11) is 1.34. The number of carbonyl (C=O) groups excluding carboxylic acids is 1. The number of rotatable bonds is 3. The number of nitrogens with zero attached hydrogens (tertiary/aromatic N) is 2. The smallest absolute Gasteiger partial charge is 0.369 e. The highest BCUT2D eigenvalue weighted by Gasteiger charge is 2.49. The Morgan fingerprint density at radius 2 is 1.58 bits per heavy atom. The van der Waals surface area contributed by atoms with Gasteiger partial charge >= 0.3 is 6.18 Å². The van der Waals surface area contributed by atoms with Crippen LogP contribution in [-0.2, 0) is 22.4 Å². The third-order valence-electron chi connectivity index (χ3n) is 5.42. The van der Waals surface area contributed by atoms with Gasteiger partial charge in [-0.15, -0.1) is 0 Å². The predicted octanol–water partition coefficient (Wildman–Crippen LogP) is 4.74. The molecule has 0 aliphatic carbocycles. The zero-order chi connectivity index (χ0) is 23.4. The number of benzene rings is 2. The van der Waals surface area contributed by atoms with Crippen LogP contribution in [0.25, 0.3) is 0 Å². The number of alkyl halides is 5. The fraction of sp³-hybridized carbons (Fsp3) is 0.333. The minimum absolute atomic E-state index is 0.239. The van der Waals surface area contributed by atoms with Crippen molar-refractivity contribution in [3.05, 3.63) is 70.5 Å². The van der Waals surface area contributed by atoms with Gasteiger partial charge in [-0.2, -0.15) is 13.2 Å². The van der Waals surface area contributed by atoms with E-state index < -0.39 is 40.8 Å². The number of halogens is 6. The fourth-order valence-electron chi connectivity index (χ4n) is 3.68. The van der Waals surface area contributed by atoms with Gasteiger partial charge in [-0.1, -0.05) is 30.3 Å². The first-order valence-electron chi connectivity index (χ1n) is 9.14. The molecule has 0 aromatic heterocycles. The second kappa shape index (κ2) is 7.28. The fourth-order valence-corrected chi connectivity index (χ4v) is 3.68. The Kier molecular flexibility index (Phi) is 5.32. The van der Waals surface area contributed by atoms with Crippen molar-refractivity contribution in [2.24, 2.45) is 10.7 Å². The van der Waals surface area contributed by atoms with Gasteiger partial charge in [0.25, 0.3) is 5.92 Å². The lowest BCUT2D eigenvalue weighted by molar-refractivity contribution is -0.138. The minimum Gasteiger partial charge on any atom is -0.369 e. The van der Waals surface area contributed by atoms with Gasteiger partial charge in [-0.3, -0.25) is 9.69 Å². The van der Waals surface area contributed by atoms with E-state index in [0.29, 0.717) is 19.1 Å². The molecular weight excluding hydrogens is 424 g/mol. The largest absolute Gasteiger partial charge is 0.416 e. The monoisotopic (exact) mass is 443 g/mol. The molecule has 0 radical (unpaired) electrons. The number of carbonyl (C=O) groups is 1. The highest BCUT2D eigenvalue weighted by molar-refractivity contribution is 6.02. The molecule has 0 bridgehead atoms. The van der Waals surface area contributed by atoms with Gasteiger partial charge < -0.3 is 5.73 Å². The van der Waals surface area contributed by atoms with Crippen molar-refractivity contribution in [1.82, 2.24) is 4.90 Å². The number of aliphatic imine (C=N–C) groups is 1. The van der Waals surface area contributed by atoms with Crippen LogP contribution >= 0.6 is 0 Å². The van der Waals surface area contributed by atoms with Gasteiger partial charge in [-0.25, -0.2) is 18.2 Å². The topological polar surface area (TPSA) is 58.7 Å². The number of hydrogen-bond donors (Lipinski definition) is 1. The summed E-state index contributed by atoms with van der Waals surface area (Å²) in [6.07, 6.45) is -4.76. The third-order valence-corrected chi connectivity index (χ3v) is 5.42. The average molecular weight is 443 g/mol. The SMILES string of the molecule is CN1C(=O)[C@H](c2ccc(C(C)(F)F)cc2)[C@@](C)(c2ccc(C(F)(F)F)cc2F)N=C1N. The Labute approximate surface area is 174 Å². The van der Waals surface area contributed by atoms with Crippen molar-refractivity contribution in [2.45, 2.75) is 37.4 Å². The minimum atomic E-state index is -4.76. The van der Waals surface area contributed by atoms with E-state index in [4.69, 9.17) is 5.73 Å². The Hall–Kier alpha value is -3.04. The van der Waals surface area contributed by atoms with Crippen molar-refractivity contribution in [1.29, 1.82) is 0 Å². The Morgan fingerprint density at radius 3 is 2.06 bits per heavy atom. The number of guanidine groups is 1. The summed E-state index contributed by atoms with van der Waals surface area (Å²) >= 11 is 0. The molecule has 1 aliphatic rings. The van der Waals surface area contributed by atoms with Crippen LogP contribution in [0.1, 0.15) is 42.0 Å². The number of nitrogens with two attached hydrogens (primary N) is 1. The predicted molar refractivity (Wildman–Crippen MR) is 102 cm³/mol. The number of likely N-dealkylation sites (N-methyl/N-ethyl adjacent to an activating group) is 1. The summed E-state index contributed by atoms with van der Waals surface area (Å²) in [5, 5.41) is 0. The first-order chi connectivity index (χ1) is 14.2. The maximum Gasteiger partial charge on any atom is 0.416 e. The van der Waals surface area contributed by atoms with E-state index in [9.17, 15) is 31.1 Å². The Balaban J connectivity index is 2.18. The normalized spacial score (nSPS) is 22.5. The van der Waals surface area contributed by atoms with Crippen molar-refractivity contribution in [2.75, 3.05) is 7.05 Å². The number of amides is 1. The van der Waals surface area contributed by atoms with E-state index in [2.05, 4.69) is 4.99 Å². The van der Waals surface area contributed by atoms with Crippen molar-refractivity contribution in [3.63, 3.8) is 0 Å². The molecule has 166 valence electrons. The molecule has 0 fully saturated rings. The summed E-state index contributed by atoms with van der Waals surface area (Å²) in [6, 6.07) is 6.78. The summed E-state index contributed by atoms with van der Waals surface area (Å²) in [5.74, 6) is -6.40. The highest BCUT2D eigenvalue weighted by Crippen LogP contribution is 2.46. The van der Waals surface area contributed by atoms with Gasteiger partial charge in [-0.05, 0) is 24.6 Å². The lowest BCUT2D eigenvalue weighted by atomic mass is 9.74. The van der Waals surface area contributed by atoms with Crippen LogP contribution in [0, 0.1) is 5.82 Å². The molecular formula is C21H19F6N3O. The van der Waals surface area contributed by atoms with E-state index in [1.165, 1.54) is 26.1 Å². The van der Waals surface area contributed by atoms with E-state index in [-0.39, 0.29) is 22.6 Å². The molecule has 3 rings (SSSR count). The molecule has 0 saturated carbocycles. The average Bonchev–Trinajstić information content (AvgIpc) is 2.65. The second-order valence-corrected chi connectivity index (χ2v) is 7.65. The van der Waals surface area contributed by atoms with Crippen molar-refractivity contribution in [3.8, 4) is 0 Å². The third kappa shape index (κ3) is 3.98. The van der Waals surface area contributed by atoms with Crippen LogP contribution in [0.4, 0.5) is 26.3 Å². The molecule has 2 aromatic carbocycles. The van der Waals surface area contributed by atoms with Gasteiger partial charge in [0.15, 0.2) is 5.96 Å². The van der Waals surface area contributed by atoms with Gasteiger partial charge in [0.1, 0.15) is 11.4 Å². The maximum absolute atomic E-state index is 14.8. The van der Waals surface area contributed by atoms with Crippen LogP contribution in [0.5, 0.6) is 0 Å². The molecule has 2 aromatic rings. The van der Waals surface area contributed by atoms with Gasteiger partial charge in [0.2, 0.25) is 5.91 Å². The standard InChI is InChI=1S/C21H19F6N3O/c1-19(14-9-8-13(10-15(14)22)21(25,26)27)16(17(31)30(3)18(28)29-19)11-4-6-12(7-5-11)20(2,23)24/h4-10,16H,1-3H3,(H2,28,29)/t16-,19+/m0/s1. The zero-order valence-corrected chi connectivity index (χ0v) is 16.8. The molecule has 1 aliphatic heterocycles. The summed E-state index contributed by atoms with van der Waals surface area (Å²) in [5.41, 5.74) is 2.57. The quantitative estimate of drug-likeness (QED) is 0.697. The Bertz CT molecular complexity index is 1040. The lowest BCUT2D eigenvalue weighted by Gasteiger charge is -2.41. The van der Waals surface area contributed by atoms with Crippen LogP contribution in [0.3, 0.4) is 0 Å². The van der Waals surface area contributed by atoms with Crippen molar-refractivity contribution >= 4 is 11.9 Å². The first kappa shape index (κ1) is 22.6. The summed E-state index contributed by atoms with van der Waals surface area (Å²) in [6.45, 7) is 2.08. The van der Waals surface area contributed by atoms with Crippen LogP contribution in [0.2, 0.25) is 0 Å². The summed E-state index contributed by atoms with van der Waals surface area (Å²) in [4.78, 5) is 18.3. The second-order valence-electron chi connectivity index (χ2n) is 7.65. The molecule has 31 heavy (non-hydrogen) atoms. The van der Waals surface area contributed by atoms with Gasteiger partial charge in [0.05, 0.1) is 11.5 Å². The molecule has 1 amide bonds. The highest BCUT2D eigenvalue weighted by atomic mass is 19.4. The zero-order valence-electron chi connectivity index (χ0n) is 16.8. The van der Waals surface area contributed by atoms with Crippen LogP contribution < -0.4 is 5.73 Å². The Morgan fingerprint density at radius 1 is 1.03 bits per heavy atom. The molecule has 2 N–H and O–H groups in total. The molecule has 0 unspecified atom stereocenters. The molecule has 1 heterocycles. The van der Waals surface area contributed by atoms with Crippen LogP contribution in [0.15, 0.2) is 47.5 Å². The van der Waals surface area contributed by atoms with Gasteiger partial charge in [0, 0.05) is 25.1 Å². The lowest BCUT2D eigenvalue weighted by Crippen LogP contribution is -2.52. The van der Waals surface area contributed by atoms with E-state index >= 15 is 0 Å². The molecule has 0 spiro atoms. The first-order valence-corrected chi connectivity index (χ1v) is 9.14. The van der Waals surface area contributed by atoms with Crippen LogP contribution in [-0.4, -0.2) is 23.8 Å². The van der Waals surface area contributed by atoms with E-state index in [1.54, 1.807) is 0 Å². The van der Waals surface area contributed by atoms with E-state index in [0.717, 1.165) is 23.1 Å². The molecule has 4 nitrogen and oxygen atoms in total. The van der Waals surface area contributed by atoms with Crippen molar-refractivity contribution < 1.29 is 31.1 Å². The number of hydrogen-bond acceptors (Lipinski definition) is 3. The van der Waals surface area contributed by atoms with E-state index in [1.807, 2.05) is 0 Å².